The highest BCUT2D eigenvalue weighted by atomic mass is 35.5. The van der Waals surface area contributed by atoms with Crippen LogP contribution in [-0.2, 0) is 11.3 Å². The Kier molecular flexibility index (Phi) is 3.53. The van der Waals surface area contributed by atoms with E-state index in [1.807, 2.05) is 13.0 Å². The minimum absolute atomic E-state index is 0.114. The molecule has 1 amide bonds. The van der Waals surface area contributed by atoms with E-state index in [4.69, 9.17) is 17.3 Å². The summed E-state index contributed by atoms with van der Waals surface area (Å²) in [6.45, 7) is 2.02. The summed E-state index contributed by atoms with van der Waals surface area (Å²) in [6.07, 6.45) is 3.09. The number of nitrogens with one attached hydrogen (secondary N) is 1. The summed E-state index contributed by atoms with van der Waals surface area (Å²) in [4.78, 5) is 11.7. The van der Waals surface area contributed by atoms with Gasteiger partial charge in [-0.05, 0) is 24.6 Å². The van der Waals surface area contributed by atoms with Crippen LogP contribution in [0.2, 0.25) is 5.02 Å². The summed E-state index contributed by atoms with van der Waals surface area (Å²) in [5, 5.41) is 7.30. The van der Waals surface area contributed by atoms with Gasteiger partial charge in [0.15, 0.2) is 0 Å². The van der Waals surface area contributed by atoms with Gasteiger partial charge in [0.1, 0.15) is 6.54 Å². The number of anilines is 2. The van der Waals surface area contributed by atoms with Gasteiger partial charge in [-0.3, -0.25) is 9.48 Å². The largest absolute Gasteiger partial charge is 0.396 e. The Morgan fingerprint density at radius 1 is 1.56 bits per heavy atom. The van der Waals surface area contributed by atoms with E-state index in [0.29, 0.717) is 16.4 Å². The minimum Gasteiger partial charge on any atom is -0.396 e. The van der Waals surface area contributed by atoms with E-state index in [2.05, 4.69) is 10.4 Å². The van der Waals surface area contributed by atoms with E-state index < -0.39 is 0 Å². The van der Waals surface area contributed by atoms with Crippen LogP contribution in [-0.4, -0.2) is 15.7 Å². The van der Waals surface area contributed by atoms with E-state index in [-0.39, 0.29) is 12.5 Å². The molecule has 2 aromatic rings. The number of benzene rings is 1. The van der Waals surface area contributed by atoms with Crippen LogP contribution in [0.4, 0.5) is 11.4 Å². The third kappa shape index (κ3) is 3.01. The number of nitrogens with zero attached hydrogens (tertiary/aromatic N) is 2. The number of amides is 1. The van der Waals surface area contributed by atoms with Crippen LogP contribution in [0, 0.1) is 6.92 Å². The van der Waals surface area contributed by atoms with Gasteiger partial charge in [-0.1, -0.05) is 17.7 Å². The molecule has 0 atom stereocenters. The lowest BCUT2D eigenvalue weighted by Crippen LogP contribution is -2.19. The highest BCUT2D eigenvalue weighted by molar-refractivity contribution is 6.31. The highest BCUT2D eigenvalue weighted by Gasteiger charge is 2.05. The summed E-state index contributed by atoms with van der Waals surface area (Å²) in [5.74, 6) is -0.182. The number of nitrogens with two attached hydrogens (primary N) is 1. The fourth-order valence-corrected chi connectivity index (χ4v) is 1.66. The lowest BCUT2D eigenvalue weighted by atomic mass is 10.2. The second-order valence-corrected chi connectivity index (χ2v) is 4.39. The van der Waals surface area contributed by atoms with Crippen molar-refractivity contribution in [1.82, 2.24) is 9.78 Å². The number of aromatic nitrogens is 2. The van der Waals surface area contributed by atoms with E-state index in [1.54, 1.807) is 18.3 Å². The van der Waals surface area contributed by atoms with Crippen LogP contribution < -0.4 is 11.1 Å². The van der Waals surface area contributed by atoms with Gasteiger partial charge in [-0.15, -0.1) is 0 Å². The highest BCUT2D eigenvalue weighted by Crippen LogP contribution is 2.19. The van der Waals surface area contributed by atoms with Gasteiger partial charge in [0.2, 0.25) is 5.91 Å². The second kappa shape index (κ2) is 5.10. The number of hydrogen-bond donors (Lipinski definition) is 2. The molecule has 0 fully saturated rings. The number of halogens is 1. The van der Waals surface area contributed by atoms with Gasteiger partial charge in [0.25, 0.3) is 0 Å². The zero-order valence-electron chi connectivity index (χ0n) is 9.85. The van der Waals surface area contributed by atoms with Gasteiger partial charge in [-0.25, -0.2) is 0 Å². The van der Waals surface area contributed by atoms with Gasteiger partial charge in [0, 0.05) is 16.9 Å². The van der Waals surface area contributed by atoms with Crippen molar-refractivity contribution in [2.24, 2.45) is 0 Å². The van der Waals surface area contributed by atoms with E-state index >= 15 is 0 Å². The quantitative estimate of drug-likeness (QED) is 0.891. The van der Waals surface area contributed by atoms with Crippen LogP contribution in [0.5, 0.6) is 0 Å². The molecule has 2 rings (SSSR count). The molecular weight excluding hydrogens is 252 g/mol. The molecule has 18 heavy (non-hydrogen) atoms. The number of rotatable bonds is 3. The van der Waals surface area contributed by atoms with Crippen LogP contribution in [0.1, 0.15) is 5.56 Å². The summed E-state index contributed by atoms with van der Waals surface area (Å²) in [7, 11) is 0. The number of hydrogen-bond acceptors (Lipinski definition) is 3. The van der Waals surface area contributed by atoms with Crippen LogP contribution in [0.15, 0.2) is 30.6 Å². The fraction of sp³-hybridized carbons (Fsp3) is 0.167. The van der Waals surface area contributed by atoms with E-state index in [1.165, 1.54) is 10.9 Å². The molecule has 0 bridgehead atoms. The molecule has 0 saturated heterocycles. The first-order valence-corrected chi connectivity index (χ1v) is 5.76. The Bertz CT molecular complexity index is 579. The maximum atomic E-state index is 11.7. The molecule has 0 aliphatic carbocycles. The van der Waals surface area contributed by atoms with Crippen molar-refractivity contribution in [3.05, 3.63) is 41.2 Å². The average molecular weight is 265 g/mol. The van der Waals surface area contributed by atoms with Crippen LogP contribution in [0.25, 0.3) is 0 Å². The molecule has 1 aromatic heterocycles. The standard InChI is InChI=1S/C12H13ClN4O/c1-8-2-3-10(4-11(8)13)16-12(18)7-17-6-9(14)5-15-17/h2-6H,7,14H2,1H3,(H,16,18). The van der Waals surface area contributed by atoms with E-state index in [0.717, 1.165) is 5.56 Å². The number of carbonyl (C=O) groups is 1. The molecule has 0 saturated carbocycles. The van der Waals surface area contributed by atoms with Gasteiger partial charge in [0.05, 0.1) is 11.9 Å². The van der Waals surface area contributed by atoms with Gasteiger partial charge >= 0.3 is 0 Å². The third-order valence-corrected chi connectivity index (χ3v) is 2.82. The Labute approximate surface area is 110 Å². The predicted octanol–water partition coefficient (Wildman–Crippen LogP) is 2.07. The maximum absolute atomic E-state index is 11.7. The molecule has 6 heteroatoms. The zero-order chi connectivity index (χ0) is 13.1. The molecule has 0 aliphatic rings. The van der Waals surface area contributed by atoms with Crippen LogP contribution in [0.3, 0.4) is 0 Å². The smallest absolute Gasteiger partial charge is 0.246 e. The Morgan fingerprint density at radius 2 is 2.33 bits per heavy atom. The summed E-state index contributed by atoms with van der Waals surface area (Å²) >= 11 is 5.98. The summed E-state index contributed by atoms with van der Waals surface area (Å²) in [5.41, 5.74) is 7.67. The molecule has 0 radical (unpaired) electrons. The minimum atomic E-state index is -0.182. The average Bonchev–Trinajstić information content (AvgIpc) is 2.69. The number of carbonyl (C=O) groups excluding carboxylic acids is 1. The molecule has 3 N–H and O–H groups in total. The Morgan fingerprint density at radius 3 is 2.94 bits per heavy atom. The first-order chi connectivity index (χ1) is 8.54. The Hall–Kier alpha value is -2.01. The lowest BCUT2D eigenvalue weighted by Gasteiger charge is -2.06. The molecule has 5 nitrogen and oxygen atoms in total. The van der Waals surface area contributed by atoms with Gasteiger partial charge < -0.3 is 11.1 Å². The van der Waals surface area contributed by atoms with Crippen molar-refractivity contribution in [2.75, 3.05) is 11.1 Å². The summed E-state index contributed by atoms with van der Waals surface area (Å²) < 4.78 is 1.47. The van der Waals surface area contributed by atoms with Crippen LogP contribution >= 0.6 is 11.6 Å². The molecule has 1 aromatic carbocycles. The topological polar surface area (TPSA) is 72.9 Å². The molecule has 94 valence electrons. The first kappa shape index (κ1) is 12.4. The van der Waals surface area contributed by atoms with E-state index in [9.17, 15) is 4.79 Å². The SMILES string of the molecule is Cc1ccc(NC(=O)Cn2cc(N)cn2)cc1Cl. The number of aryl methyl sites for hydroxylation is 1. The predicted molar refractivity (Wildman–Crippen MR) is 71.5 cm³/mol. The molecule has 0 spiro atoms. The monoisotopic (exact) mass is 264 g/mol. The van der Waals surface area contributed by atoms with Crippen molar-refractivity contribution in [3.63, 3.8) is 0 Å². The Balaban J connectivity index is 2.00. The fourth-order valence-electron chi connectivity index (χ4n) is 1.48. The molecule has 1 heterocycles. The van der Waals surface area contributed by atoms with Crippen molar-refractivity contribution < 1.29 is 4.79 Å². The first-order valence-electron chi connectivity index (χ1n) is 5.38. The summed E-state index contributed by atoms with van der Waals surface area (Å²) in [6, 6.07) is 5.37. The van der Waals surface area contributed by atoms with Crippen molar-refractivity contribution in [3.8, 4) is 0 Å². The third-order valence-electron chi connectivity index (χ3n) is 2.41. The van der Waals surface area contributed by atoms with Crippen molar-refractivity contribution in [2.45, 2.75) is 13.5 Å². The van der Waals surface area contributed by atoms with Crippen molar-refractivity contribution in [1.29, 1.82) is 0 Å². The normalized spacial score (nSPS) is 10.3. The molecule has 0 aliphatic heterocycles. The zero-order valence-corrected chi connectivity index (χ0v) is 10.6. The van der Waals surface area contributed by atoms with Crippen molar-refractivity contribution >= 4 is 28.9 Å². The molecule has 0 unspecified atom stereocenters. The number of nitrogen functional groups attached to an aromatic ring is 1. The second-order valence-electron chi connectivity index (χ2n) is 3.98. The maximum Gasteiger partial charge on any atom is 0.246 e. The lowest BCUT2D eigenvalue weighted by molar-refractivity contribution is -0.116. The molecular formula is C12H13ClN4O. The van der Waals surface area contributed by atoms with Gasteiger partial charge in [-0.2, -0.15) is 5.10 Å².